The SMILES string of the molecule is CCN(Cc1cc(F)cc(C(=O)O)c1)c1ccccc1C. The van der Waals surface area contributed by atoms with Crippen LogP contribution in [0.2, 0.25) is 0 Å². The van der Waals surface area contributed by atoms with Crippen LogP contribution in [0.25, 0.3) is 0 Å². The molecule has 0 heterocycles. The van der Waals surface area contributed by atoms with Crippen LogP contribution in [0.4, 0.5) is 10.1 Å². The zero-order valence-corrected chi connectivity index (χ0v) is 12.1. The highest BCUT2D eigenvalue weighted by Gasteiger charge is 2.11. The Kier molecular flexibility index (Phi) is 4.58. The first-order valence-corrected chi connectivity index (χ1v) is 6.84. The first-order valence-electron chi connectivity index (χ1n) is 6.84. The molecule has 0 atom stereocenters. The van der Waals surface area contributed by atoms with Gasteiger partial charge in [-0.25, -0.2) is 9.18 Å². The average molecular weight is 287 g/mol. The number of carboxylic acid groups (broad SMARTS) is 1. The van der Waals surface area contributed by atoms with Crippen LogP contribution in [0.15, 0.2) is 42.5 Å². The van der Waals surface area contributed by atoms with Crippen molar-refractivity contribution < 1.29 is 14.3 Å². The summed E-state index contributed by atoms with van der Waals surface area (Å²) in [7, 11) is 0. The molecule has 2 aromatic carbocycles. The third kappa shape index (κ3) is 3.60. The summed E-state index contributed by atoms with van der Waals surface area (Å²) >= 11 is 0. The highest BCUT2D eigenvalue weighted by Crippen LogP contribution is 2.22. The second-order valence-electron chi connectivity index (χ2n) is 4.95. The van der Waals surface area contributed by atoms with E-state index in [0.717, 1.165) is 23.9 Å². The molecular weight excluding hydrogens is 269 g/mol. The third-order valence-corrected chi connectivity index (χ3v) is 3.42. The van der Waals surface area contributed by atoms with Crippen molar-refractivity contribution in [3.8, 4) is 0 Å². The minimum Gasteiger partial charge on any atom is -0.478 e. The molecule has 0 aromatic heterocycles. The minimum atomic E-state index is -1.12. The lowest BCUT2D eigenvalue weighted by Gasteiger charge is -2.25. The van der Waals surface area contributed by atoms with Gasteiger partial charge in [0.05, 0.1) is 5.56 Å². The molecule has 0 fully saturated rings. The van der Waals surface area contributed by atoms with Gasteiger partial charge >= 0.3 is 5.97 Å². The maximum Gasteiger partial charge on any atom is 0.335 e. The van der Waals surface area contributed by atoms with Crippen LogP contribution in [0, 0.1) is 12.7 Å². The number of aromatic carboxylic acids is 1. The number of hydrogen-bond acceptors (Lipinski definition) is 2. The van der Waals surface area contributed by atoms with Crippen molar-refractivity contribution in [3.63, 3.8) is 0 Å². The Morgan fingerprint density at radius 1 is 1.24 bits per heavy atom. The van der Waals surface area contributed by atoms with E-state index >= 15 is 0 Å². The molecule has 0 saturated heterocycles. The van der Waals surface area contributed by atoms with Crippen LogP contribution in [-0.4, -0.2) is 17.6 Å². The van der Waals surface area contributed by atoms with Crippen LogP contribution in [0.5, 0.6) is 0 Å². The first-order chi connectivity index (χ1) is 10.0. The summed E-state index contributed by atoms with van der Waals surface area (Å²) in [6.45, 7) is 5.26. The van der Waals surface area contributed by atoms with Gasteiger partial charge in [-0.3, -0.25) is 0 Å². The highest BCUT2D eigenvalue weighted by atomic mass is 19.1. The van der Waals surface area contributed by atoms with Crippen molar-refractivity contribution in [1.82, 2.24) is 0 Å². The summed E-state index contributed by atoms with van der Waals surface area (Å²) in [5, 5.41) is 9.01. The third-order valence-electron chi connectivity index (χ3n) is 3.42. The van der Waals surface area contributed by atoms with E-state index in [0.29, 0.717) is 12.1 Å². The average Bonchev–Trinajstić information content (AvgIpc) is 2.45. The molecular formula is C17H18FNO2. The number of halogens is 1. The zero-order valence-electron chi connectivity index (χ0n) is 12.1. The number of carboxylic acids is 1. The highest BCUT2D eigenvalue weighted by molar-refractivity contribution is 5.87. The molecule has 3 nitrogen and oxygen atoms in total. The number of para-hydroxylation sites is 1. The Hall–Kier alpha value is -2.36. The molecule has 0 unspecified atom stereocenters. The van der Waals surface area contributed by atoms with Gasteiger partial charge in [-0.05, 0) is 49.2 Å². The standard InChI is InChI=1S/C17H18FNO2/c1-3-19(16-7-5-4-6-12(16)2)11-13-8-14(17(20)21)10-15(18)9-13/h4-10H,3,11H2,1-2H3,(H,20,21). The Morgan fingerprint density at radius 2 is 1.95 bits per heavy atom. The van der Waals surface area contributed by atoms with E-state index in [9.17, 15) is 9.18 Å². The topological polar surface area (TPSA) is 40.5 Å². The Labute approximate surface area is 123 Å². The van der Waals surface area contributed by atoms with E-state index in [2.05, 4.69) is 4.90 Å². The van der Waals surface area contributed by atoms with E-state index in [1.807, 2.05) is 38.1 Å². The van der Waals surface area contributed by atoms with Crippen molar-refractivity contribution in [2.45, 2.75) is 20.4 Å². The summed E-state index contributed by atoms with van der Waals surface area (Å²) in [5.74, 6) is -1.64. The largest absolute Gasteiger partial charge is 0.478 e. The lowest BCUT2D eigenvalue weighted by molar-refractivity contribution is 0.0696. The molecule has 110 valence electrons. The van der Waals surface area contributed by atoms with E-state index < -0.39 is 11.8 Å². The molecule has 0 spiro atoms. The Balaban J connectivity index is 2.31. The fourth-order valence-corrected chi connectivity index (χ4v) is 2.37. The monoisotopic (exact) mass is 287 g/mol. The molecule has 0 amide bonds. The summed E-state index contributed by atoms with van der Waals surface area (Å²) in [5.41, 5.74) is 2.83. The fourth-order valence-electron chi connectivity index (χ4n) is 2.37. The van der Waals surface area contributed by atoms with E-state index in [4.69, 9.17) is 5.11 Å². The first kappa shape index (κ1) is 15.0. The summed E-state index contributed by atoms with van der Waals surface area (Å²) in [6, 6.07) is 11.9. The molecule has 0 radical (unpaired) electrons. The van der Waals surface area contributed by atoms with Crippen LogP contribution in [0.3, 0.4) is 0 Å². The number of carbonyl (C=O) groups is 1. The summed E-state index contributed by atoms with van der Waals surface area (Å²) in [4.78, 5) is 13.1. The Morgan fingerprint density at radius 3 is 2.57 bits per heavy atom. The summed E-state index contributed by atoms with van der Waals surface area (Å²) < 4.78 is 13.5. The molecule has 4 heteroatoms. The number of benzene rings is 2. The lowest BCUT2D eigenvalue weighted by atomic mass is 10.1. The molecule has 0 bridgehead atoms. The molecule has 2 rings (SSSR count). The van der Waals surface area contributed by atoms with E-state index in [1.54, 1.807) is 0 Å². The van der Waals surface area contributed by atoms with Crippen LogP contribution < -0.4 is 4.90 Å². The molecule has 0 aliphatic heterocycles. The number of nitrogens with zero attached hydrogens (tertiary/aromatic N) is 1. The maximum absolute atomic E-state index is 13.5. The maximum atomic E-state index is 13.5. The van der Waals surface area contributed by atoms with Gasteiger partial charge in [0.25, 0.3) is 0 Å². The van der Waals surface area contributed by atoms with Crippen molar-refractivity contribution in [2.75, 3.05) is 11.4 Å². The minimum absolute atomic E-state index is 0.0224. The van der Waals surface area contributed by atoms with Crippen LogP contribution >= 0.6 is 0 Å². The number of hydrogen-bond donors (Lipinski definition) is 1. The van der Waals surface area contributed by atoms with Crippen molar-refractivity contribution in [1.29, 1.82) is 0 Å². The predicted molar refractivity (Wildman–Crippen MR) is 81.3 cm³/mol. The lowest BCUT2D eigenvalue weighted by Crippen LogP contribution is -2.23. The van der Waals surface area contributed by atoms with Gasteiger partial charge in [0.1, 0.15) is 5.82 Å². The van der Waals surface area contributed by atoms with Crippen LogP contribution in [-0.2, 0) is 6.54 Å². The number of anilines is 1. The molecule has 0 aliphatic carbocycles. The fraction of sp³-hybridized carbons (Fsp3) is 0.235. The normalized spacial score (nSPS) is 10.4. The van der Waals surface area contributed by atoms with Crippen molar-refractivity contribution in [2.24, 2.45) is 0 Å². The summed E-state index contributed by atoms with van der Waals surface area (Å²) in [6.07, 6.45) is 0. The van der Waals surface area contributed by atoms with Gasteiger partial charge < -0.3 is 10.0 Å². The Bertz CT molecular complexity index is 655. The molecule has 21 heavy (non-hydrogen) atoms. The van der Waals surface area contributed by atoms with Gasteiger partial charge in [0.2, 0.25) is 0 Å². The zero-order chi connectivity index (χ0) is 15.4. The van der Waals surface area contributed by atoms with Gasteiger partial charge in [-0.1, -0.05) is 18.2 Å². The second kappa shape index (κ2) is 6.39. The predicted octanol–water partition coefficient (Wildman–Crippen LogP) is 3.86. The van der Waals surface area contributed by atoms with Gasteiger partial charge in [-0.15, -0.1) is 0 Å². The van der Waals surface area contributed by atoms with Crippen LogP contribution in [0.1, 0.15) is 28.4 Å². The van der Waals surface area contributed by atoms with Gasteiger partial charge in [0, 0.05) is 18.8 Å². The molecule has 1 N–H and O–H groups in total. The van der Waals surface area contributed by atoms with E-state index in [1.165, 1.54) is 12.1 Å². The quantitative estimate of drug-likeness (QED) is 0.907. The number of rotatable bonds is 5. The van der Waals surface area contributed by atoms with Crippen molar-refractivity contribution in [3.05, 3.63) is 65.0 Å². The van der Waals surface area contributed by atoms with Crippen molar-refractivity contribution >= 4 is 11.7 Å². The van der Waals surface area contributed by atoms with Gasteiger partial charge in [-0.2, -0.15) is 0 Å². The molecule has 0 aliphatic rings. The van der Waals surface area contributed by atoms with E-state index in [-0.39, 0.29) is 5.56 Å². The molecule has 0 saturated carbocycles. The van der Waals surface area contributed by atoms with Gasteiger partial charge in [0.15, 0.2) is 0 Å². The number of aryl methyl sites for hydroxylation is 1. The second-order valence-corrected chi connectivity index (χ2v) is 4.95. The molecule has 2 aromatic rings. The smallest absolute Gasteiger partial charge is 0.335 e.